The summed E-state index contributed by atoms with van der Waals surface area (Å²) in [6, 6.07) is 0.718. The highest BCUT2D eigenvalue weighted by Gasteiger charge is 2.29. The minimum atomic E-state index is 0.677. The Morgan fingerprint density at radius 3 is 1.95 bits per heavy atom. The summed E-state index contributed by atoms with van der Waals surface area (Å²) in [7, 11) is 0. The Labute approximate surface area is 130 Å². The molecular formula is C17H35NO3. The number of hydrogen-bond donors (Lipinski definition) is 1. The molecule has 0 radical (unpaired) electrons. The van der Waals surface area contributed by atoms with Crippen molar-refractivity contribution in [2.45, 2.75) is 58.4 Å². The Balaban J connectivity index is 1.76. The monoisotopic (exact) mass is 301 g/mol. The Morgan fingerprint density at radius 1 is 0.857 bits per heavy atom. The first-order valence-electron chi connectivity index (χ1n) is 8.85. The first kappa shape index (κ1) is 18.9. The number of ether oxygens (including phenoxy) is 3. The van der Waals surface area contributed by atoms with Crippen LogP contribution in [0, 0.1) is 5.92 Å². The lowest BCUT2D eigenvalue weighted by atomic mass is 10.1. The number of rotatable bonds is 16. The molecular weight excluding hydrogens is 266 g/mol. The molecule has 1 aliphatic carbocycles. The number of unbranched alkanes of at least 4 members (excludes halogenated alkanes) is 1. The highest BCUT2D eigenvalue weighted by Crippen LogP contribution is 2.34. The molecule has 0 spiro atoms. The summed E-state index contributed by atoms with van der Waals surface area (Å²) < 4.78 is 16.5. The summed E-state index contributed by atoms with van der Waals surface area (Å²) in [5.74, 6) is 0.931. The van der Waals surface area contributed by atoms with Gasteiger partial charge in [-0.3, -0.25) is 0 Å². The van der Waals surface area contributed by atoms with E-state index in [4.69, 9.17) is 14.2 Å². The van der Waals surface area contributed by atoms with Gasteiger partial charge >= 0.3 is 0 Å². The zero-order chi connectivity index (χ0) is 15.2. The van der Waals surface area contributed by atoms with Crippen molar-refractivity contribution in [3.63, 3.8) is 0 Å². The molecule has 4 heteroatoms. The van der Waals surface area contributed by atoms with Crippen LogP contribution in [0.25, 0.3) is 0 Å². The van der Waals surface area contributed by atoms with E-state index in [1.165, 1.54) is 25.7 Å². The van der Waals surface area contributed by atoms with Gasteiger partial charge in [-0.2, -0.15) is 0 Å². The van der Waals surface area contributed by atoms with Gasteiger partial charge in [-0.1, -0.05) is 20.3 Å². The number of hydrogen-bond acceptors (Lipinski definition) is 4. The van der Waals surface area contributed by atoms with Crippen LogP contribution < -0.4 is 5.32 Å². The molecule has 4 nitrogen and oxygen atoms in total. The maximum Gasteiger partial charge on any atom is 0.0701 e. The van der Waals surface area contributed by atoms with Crippen molar-refractivity contribution in [3.05, 3.63) is 0 Å². The van der Waals surface area contributed by atoms with Gasteiger partial charge in [0, 0.05) is 19.3 Å². The van der Waals surface area contributed by atoms with E-state index in [9.17, 15) is 0 Å². The van der Waals surface area contributed by atoms with E-state index < -0.39 is 0 Å². The molecule has 0 bridgehead atoms. The van der Waals surface area contributed by atoms with E-state index in [1.807, 2.05) is 0 Å². The van der Waals surface area contributed by atoms with Gasteiger partial charge in [0.05, 0.1) is 26.4 Å². The highest BCUT2D eigenvalue weighted by atomic mass is 16.5. The molecule has 0 heterocycles. The van der Waals surface area contributed by atoms with Gasteiger partial charge in [-0.25, -0.2) is 0 Å². The Hall–Kier alpha value is -0.160. The smallest absolute Gasteiger partial charge is 0.0701 e. The zero-order valence-electron chi connectivity index (χ0n) is 14.1. The normalized spacial score (nSPS) is 16.3. The molecule has 0 saturated heterocycles. The molecule has 1 atom stereocenters. The summed E-state index contributed by atoms with van der Waals surface area (Å²) in [6.07, 6.45) is 7.53. The van der Waals surface area contributed by atoms with Crippen LogP contribution in [0.15, 0.2) is 0 Å². The summed E-state index contributed by atoms with van der Waals surface area (Å²) in [4.78, 5) is 0. The largest absolute Gasteiger partial charge is 0.379 e. The van der Waals surface area contributed by atoms with E-state index in [1.54, 1.807) is 0 Å². The van der Waals surface area contributed by atoms with Gasteiger partial charge in [-0.05, 0) is 44.6 Å². The van der Waals surface area contributed by atoms with Crippen LogP contribution in [0.4, 0.5) is 0 Å². The van der Waals surface area contributed by atoms with Crippen molar-refractivity contribution in [2.75, 3.05) is 46.2 Å². The van der Waals surface area contributed by atoms with Gasteiger partial charge < -0.3 is 19.5 Å². The van der Waals surface area contributed by atoms with Crippen molar-refractivity contribution in [2.24, 2.45) is 5.92 Å². The van der Waals surface area contributed by atoms with Crippen LogP contribution in [0.1, 0.15) is 52.4 Å². The molecule has 1 fully saturated rings. The van der Waals surface area contributed by atoms with Crippen molar-refractivity contribution in [3.8, 4) is 0 Å². The molecule has 126 valence electrons. The number of nitrogens with one attached hydrogen (secondary N) is 1. The van der Waals surface area contributed by atoms with Crippen LogP contribution in [0.2, 0.25) is 0 Å². The van der Waals surface area contributed by atoms with Gasteiger partial charge in [0.1, 0.15) is 0 Å². The van der Waals surface area contributed by atoms with Gasteiger partial charge in [-0.15, -0.1) is 0 Å². The summed E-state index contributed by atoms with van der Waals surface area (Å²) in [5.41, 5.74) is 0. The first-order valence-corrected chi connectivity index (χ1v) is 8.85. The summed E-state index contributed by atoms with van der Waals surface area (Å²) in [6.45, 7) is 9.90. The van der Waals surface area contributed by atoms with E-state index in [0.717, 1.165) is 44.6 Å². The second kappa shape index (κ2) is 13.5. The molecule has 0 aromatic rings. The maximum atomic E-state index is 5.61. The third-order valence-electron chi connectivity index (χ3n) is 3.85. The third-order valence-corrected chi connectivity index (χ3v) is 3.85. The van der Waals surface area contributed by atoms with Crippen molar-refractivity contribution in [1.82, 2.24) is 5.32 Å². The molecule has 1 aliphatic rings. The lowest BCUT2D eigenvalue weighted by molar-refractivity contribution is 0.0131. The fourth-order valence-electron chi connectivity index (χ4n) is 2.46. The molecule has 1 N–H and O–H groups in total. The van der Waals surface area contributed by atoms with Gasteiger partial charge in [0.25, 0.3) is 0 Å². The van der Waals surface area contributed by atoms with Gasteiger partial charge in [0.15, 0.2) is 0 Å². The van der Waals surface area contributed by atoms with Crippen molar-refractivity contribution in [1.29, 1.82) is 0 Å². The van der Waals surface area contributed by atoms with E-state index in [0.29, 0.717) is 26.4 Å². The molecule has 1 saturated carbocycles. The van der Waals surface area contributed by atoms with E-state index >= 15 is 0 Å². The lowest BCUT2D eigenvalue weighted by Crippen LogP contribution is -2.31. The highest BCUT2D eigenvalue weighted by molar-refractivity contribution is 4.85. The summed E-state index contributed by atoms with van der Waals surface area (Å²) in [5, 5.41) is 3.59. The van der Waals surface area contributed by atoms with E-state index in [-0.39, 0.29) is 0 Å². The van der Waals surface area contributed by atoms with E-state index in [2.05, 4.69) is 19.2 Å². The molecule has 21 heavy (non-hydrogen) atoms. The fraction of sp³-hybridized carbons (Fsp3) is 1.00. The minimum Gasteiger partial charge on any atom is -0.379 e. The van der Waals surface area contributed by atoms with Crippen LogP contribution in [-0.4, -0.2) is 52.2 Å². The summed E-state index contributed by atoms with van der Waals surface area (Å²) >= 11 is 0. The topological polar surface area (TPSA) is 39.7 Å². The van der Waals surface area contributed by atoms with Crippen molar-refractivity contribution >= 4 is 0 Å². The quantitative estimate of drug-likeness (QED) is 0.445. The molecule has 1 unspecified atom stereocenters. The standard InChI is InChI=1S/C17H35NO3/c1-3-5-10-19-12-14-21-15-13-20-11-6-7-17(18-4-2)16-8-9-16/h16-18H,3-15H2,1-2H3. The minimum absolute atomic E-state index is 0.677. The van der Waals surface area contributed by atoms with Gasteiger partial charge in [0.2, 0.25) is 0 Å². The second-order valence-corrected chi connectivity index (χ2v) is 5.83. The third kappa shape index (κ3) is 11.1. The average molecular weight is 301 g/mol. The molecule has 0 aromatic heterocycles. The Bertz CT molecular complexity index is 222. The molecule has 0 amide bonds. The first-order chi connectivity index (χ1) is 10.4. The fourth-order valence-corrected chi connectivity index (χ4v) is 2.46. The molecule has 0 aliphatic heterocycles. The second-order valence-electron chi connectivity index (χ2n) is 5.83. The van der Waals surface area contributed by atoms with Crippen LogP contribution in [0.3, 0.4) is 0 Å². The maximum absolute atomic E-state index is 5.61. The predicted octanol–water partition coefficient (Wildman–Crippen LogP) is 3.00. The van der Waals surface area contributed by atoms with Crippen LogP contribution >= 0.6 is 0 Å². The predicted molar refractivity (Wildman–Crippen MR) is 86.8 cm³/mol. The molecule has 1 rings (SSSR count). The average Bonchev–Trinajstić information content (AvgIpc) is 3.32. The van der Waals surface area contributed by atoms with Crippen molar-refractivity contribution < 1.29 is 14.2 Å². The van der Waals surface area contributed by atoms with Crippen LogP contribution in [0.5, 0.6) is 0 Å². The Morgan fingerprint density at radius 2 is 1.43 bits per heavy atom. The zero-order valence-corrected chi connectivity index (χ0v) is 14.1. The lowest BCUT2D eigenvalue weighted by Gasteiger charge is -2.16. The molecule has 0 aromatic carbocycles. The van der Waals surface area contributed by atoms with Crippen LogP contribution in [-0.2, 0) is 14.2 Å². The SMILES string of the molecule is CCCCOCCOCCOCCCC(NCC)C1CC1. The Kier molecular flexibility index (Phi) is 12.1.